The van der Waals surface area contributed by atoms with Gasteiger partial charge in [-0.15, -0.1) is 0 Å². The molecule has 4 heteroatoms. The predicted molar refractivity (Wildman–Crippen MR) is 84.0 cm³/mol. The van der Waals surface area contributed by atoms with E-state index < -0.39 is 6.10 Å². The van der Waals surface area contributed by atoms with Crippen molar-refractivity contribution in [1.82, 2.24) is 4.90 Å². The van der Waals surface area contributed by atoms with Crippen LogP contribution in [0.1, 0.15) is 39.4 Å². The quantitative estimate of drug-likeness (QED) is 0.816. The second kappa shape index (κ2) is 8.47. The molecule has 1 rings (SSSR count). The van der Waals surface area contributed by atoms with Crippen LogP contribution in [0, 0.1) is 0 Å². The first-order chi connectivity index (χ1) is 9.93. The van der Waals surface area contributed by atoms with E-state index in [1.54, 1.807) is 17.1 Å². The minimum absolute atomic E-state index is 0.0939. The summed E-state index contributed by atoms with van der Waals surface area (Å²) in [6.45, 7) is 7.97. The van der Waals surface area contributed by atoms with Crippen LogP contribution >= 0.6 is 0 Å². The summed E-state index contributed by atoms with van der Waals surface area (Å²) in [4.78, 5) is 13.6. The SMILES string of the molecule is CC(C)N(C(=O)OC/C=C/C(O)c1ccccc1)C(C)C. The summed E-state index contributed by atoms with van der Waals surface area (Å²) in [5, 5.41) is 9.93. The third-order valence-electron chi connectivity index (χ3n) is 3.09. The van der Waals surface area contributed by atoms with Gasteiger partial charge in [0.2, 0.25) is 0 Å². The van der Waals surface area contributed by atoms with Crippen LogP contribution in [0.4, 0.5) is 4.79 Å². The average molecular weight is 291 g/mol. The Hall–Kier alpha value is -1.81. The van der Waals surface area contributed by atoms with Crippen molar-refractivity contribution in [2.45, 2.75) is 45.9 Å². The Bertz CT molecular complexity index is 446. The zero-order chi connectivity index (χ0) is 15.8. The Morgan fingerprint density at radius 2 is 1.76 bits per heavy atom. The van der Waals surface area contributed by atoms with E-state index in [1.165, 1.54) is 0 Å². The summed E-state index contributed by atoms with van der Waals surface area (Å²) in [6.07, 6.45) is 2.27. The van der Waals surface area contributed by atoms with Gasteiger partial charge in [-0.2, -0.15) is 0 Å². The zero-order valence-corrected chi connectivity index (χ0v) is 13.2. The molecule has 1 N–H and O–H groups in total. The van der Waals surface area contributed by atoms with E-state index in [0.717, 1.165) is 5.56 Å². The van der Waals surface area contributed by atoms with Gasteiger partial charge in [-0.05, 0) is 39.3 Å². The van der Waals surface area contributed by atoms with Crippen molar-refractivity contribution < 1.29 is 14.6 Å². The molecule has 1 aromatic carbocycles. The molecular weight excluding hydrogens is 266 g/mol. The molecule has 0 spiro atoms. The van der Waals surface area contributed by atoms with Gasteiger partial charge in [0, 0.05) is 12.1 Å². The molecule has 0 saturated heterocycles. The molecule has 0 radical (unpaired) electrons. The van der Waals surface area contributed by atoms with Crippen LogP contribution in [0.15, 0.2) is 42.5 Å². The molecule has 0 aliphatic rings. The Balaban J connectivity index is 2.45. The van der Waals surface area contributed by atoms with Crippen molar-refractivity contribution in [3.8, 4) is 0 Å². The lowest BCUT2D eigenvalue weighted by Gasteiger charge is -2.29. The number of amides is 1. The maximum atomic E-state index is 11.9. The van der Waals surface area contributed by atoms with Crippen molar-refractivity contribution >= 4 is 6.09 Å². The molecule has 0 aliphatic heterocycles. The summed E-state index contributed by atoms with van der Waals surface area (Å²) < 4.78 is 5.20. The third-order valence-corrected chi connectivity index (χ3v) is 3.09. The second-order valence-corrected chi connectivity index (χ2v) is 5.46. The standard InChI is InChI=1S/C17H25NO3/c1-13(2)18(14(3)4)17(20)21-12-8-11-16(19)15-9-6-5-7-10-15/h5-11,13-14,16,19H,12H2,1-4H3/b11-8+. The van der Waals surface area contributed by atoms with Gasteiger partial charge in [-0.25, -0.2) is 4.79 Å². The van der Waals surface area contributed by atoms with E-state index in [0.29, 0.717) is 0 Å². The van der Waals surface area contributed by atoms with Gasteiger partial charge in [0.15, 0.2) is 0 Å². The molecule has 4 nitrogen and oxygen atoms in total. The molecule has 1 unspecified atom stereocenters. The Morgan fingerprint density at radius 3 is 2.29 bits per heavy atom. The van der Waals surface area contributed by atoms with E-state index in [9.17, 15) is 9.90 Å². The number of ether oxygens (including phenoxy) is 1. The summed E-state index contributed by atoms with van der Waals surface area (Å²) in [6, 6.07) is 9.52. The number of hydrogen-bond donors (Lipinski definition) is 1. The summed E-state index contributed by atoms with van der Waals surface area (Å²) in [5.74, 6) is 0. The van der Waals surface area contributed by atoms with Crippen molar-refractivity contribution in [2.24, 2.45) is 0 Å². The second-order valence-electron chi connectivity index (χ2n) is 5.46. The van der Waals surface area contributed by atoms with E-state index in [4.69, 9.17) is 4.74 Å². The van der Waals surface area contributed by atoms with Crippen LogP contribution in [0.3, 0.4) is 0 Å². The van der Waals surface area contributed by atoms with Gasteiger partial charge in [0.25, 0.3) is 0 Å². The highest BCUT2D eigenvalue weighted by molar-refractivity contribution is 5.68. The van der Waals surface area contributed by atoms with Gasteiger partial charge in [-0.1, -0.05) is 36.4 Å². The van der Waals surface area contributed by atoms with Crippen molar-refractivity contribution in [3.63, 3.8) is 0 Å². The predicted octanol–water partition coefficient (Wildman–Crippen LogP) is 3.53. The number of rotatable bonds is 6. The Kier molecular flexibility index (Phi) is 6.96. The summed E-state index contributed by atoms with van der Waals surface area (Å²) >= 11 is 0. The molecule has 0 aliphatic carbocycles. The fraction of sp³-hybridized carbons (Fsp3) is 0.471. The first-order valence-corrected chi connectivity index (χ1v) is 7.28. The molecule has 0 heterocycles. The van der Waals surface area contributed by atoms with E-state index in [-0.39, 0.29) is 24.8 Å². The number of nitrogens with zero attached hydrogens (tertiary/aromatic N) is 1. The fourth-order valence-electron chi connectivity index (χ4n) is 2.16. The highest BCUT2D eigenvalue weighted by atomic mass is 16.6. The van der Waals surface area contributed by atoms with Crippen LogP contribution in [0.2, 0.25) is 0 Å². The highest BCUT2D eigenvalue weighted by Crippen LogP contribution is 2.13. The zero-order valence-electron chi connectivity index (χ0n) is 13.2. The molecule has 1 amide bonds. The van der Waals surface area contributed by atoms with Crippen LogP contribution in [-0.4, -0.2) is 34.8 Å². The van der Waals surface area contributed by atoms with Crippen molar-refractivity contribution in [1.29, 1.82) is 0 Å². The number of carbonyl (C=O) groups excluding carboxylic acids is 1. The molecular formula is C17H25NO3. The number of aliphatic hydroxyl groups excluding tert-OH is 1. The number of carbonyl (C=O) groups is 1. The third kappa shape index (κ3) is 5.60. The van der Waals surface area contributed by atoms with Crippen molar-refractivity contribution in [2.75, 3.05) is 6.61 Å². The van der Waals surface area contributed by atoms with E-state index in [1.807, 2.05) is 58.0 Å². The fourth-order valence-corrected chi connectivity index (χ4v) is 2.16. The van der Waals surface area contributed by atoms with E-state index >= 15 is 0 Å². The first kappa shape index (κ1) is 17.2. The molecule has 0 aromatic heterocycles. The number of aliphatic hydroxyl groups is 1. The van der Waals surface area contributed by atoms with Crippen LogP contribution in [0.25, 0.3) is 0 Å². The van der Waals surface area contributed by atoms with Gasteiger partial charge >= 0.3 is 6.09 Å². The number of benzene rings is 1. The molecule has 0 fully saturated rings. The molecule has 0 saturated carbocycles. The van der Waals surface area contributed by atoms with Crippen LogP contribution in [0.5, 0.6) is 0 Å². The molecule has 1 aromatic rings. The minimum atomic E-state index is -0.684. The lowest BCUT2D eigenvalue weighted by molar-refractivity contribution is 0.0872. The van der Waals surface area contributed by atoms with Crippen molar-refractivity contribution in [3.05, 3.63) is 48.0 Å². The first-order valence-electron chi connectivity index (χ1n) is 7.28. The van der Waals surface area contributed by atoms with Crippen LogP contribution in [-0.2, 0) is 4.74 Å². The molecule has 0 bridgehead atoms. The normalized spacial score (nSPS) is 12.9. The Labute approximate surface area is 127 Å². The van der Waals surface area contributed by atoms with Gasteiger partial charge in [0.1, 0.15) is 6.61 Å². The maximum absolute atomic E-state index is 11.9. The Morgan fingerprint density at radius 1 is 1.19 bits per heavy atom. The van der Waals surface area contributed by atoms with Gasteiger partial charge in [-0.3, -0.25) is 0 Å². The smallest absolute Gasteiger partial charge is 0.410 e. The summed E-state index contributed by atoms with van der Waals surface area (Å²) in [5.41, 5.74) is 0.811. The molecule has 116 valence electrons. The highest BCUT2D eigenvalue weighted by Gasteiger charge is 2.20. The van der Waals surface area contributed by atoms with Crippen LogP contribution < -0.4 is 0 Å². The average Bonchev–Trinajstić information content (AvgIpc) is 2.43. The van der Waals surface area contributed by atoms with Gasteiger partial charge in [0.05, 0.1) is 6.10 Å². The summed E-state index contributed by atoms with van der Waals surface area (Å²) in [7, 11) is 0. The largest absolute Gasteiger partial charge is 0.445 e. The molecule has 1 atom stereocenters. The number of hydrogen-bond acceptors (Lipinski definition) is 3. The minimum Gasteiger partial charge on any atom is -0.445 e. The maximum Gasteiger partial charge on any atom is 0.410 e. The lowest BCUT2D eigenvalue weighted by atomic mass is 10.1. The monoisotopic (exact) mass is 291 g/mol. The molecule has 21 heavy (non-hydrogen) atoms. The topological polar surface area (TPSA) is 49.8 Å². The lowest BCUT2D eigenvalue weighted by Crippen LogP contribution is -2.42. The van der Waals surface area contributed by atoms with E-state index in [2.05, 4.69) is 0 Å². The van der Waals surface area contributed by atoms with Gasteiger partial charge < -0.3 is 14.7 Å².